The van der Waals surface area contributed by atoms with E-state index in [0.29, 0.717) is 0 Å². The van der Waals surface area contributed by atoms with Crippen LogP contribution in [0.1, 0.15) is 90.4 Å². The zero-order valence-electron chi connectivity index (χ0n) is 13.9. The first-order valence-corrected chi connectivity index (χ1v) is 9.61. The van der Waals surface area contributed by atoms with Crippen molar-refractivity contribution >= 4 is 0 Å². The van der Waals surface area contributed by atoms with Crippen LogP contribution < -0.4 is 0 Å². The minimum atomic E-state index is 1.03. The summed E-state index contributed by atoms with van der Waals surface area (Å²) in [6.45, 7) is 6.54. The first-order chi connectivity index (χ1) is 9.88. The Morgan fingerprint density at radius 1 is 0.700 bits per heavy atom. The molecule has 0 aliphatic heterocycles. The Kier molecular flexibility index (Phi) is 8.02. The monoisotopic (exact) mass is 279 g/mol. The van der Waals surface area contributed by atoms with Crippen LogP contribution in [0.15, 0.2) is 0 Å². The Morgan fingerprint density at radius 3 is 1.70 bits per heavy atom. The van der Waals surface area contributed by atoms with E-state index in [1.807, 2.05) is 0 Å². The molecule has 2 rings (SSSR count). The largest absolute Gasteiger partial charge is 0.303 e. The van der Waals surface area contributed by atoms with Crippen molar-refractivity contribution in [2.75, 3.05) is 19.6 Å². The van der Waals surface area contributed by atoms with Crippen LogP contribution in [-0.4, -0.2) is 24.5 Å². The standard InChI is InChI=1S/C19H37N/c1-2-3-4-5-10-15-20(16-18-11-6-7-12-18)17-19-13-8-9-14-19/h18-19H,2-17H2,1H3. The van der Waals surface area contributed by atoms with Gasteiger partial charge in [-0.2, -0.15) is 0 Å². The Balaban J connectivity index is 1.67. The van der Waals surface area contributed by atoms with E-state index in [2.05, 4.69) is 11.8 Å². The zero-order chi connectivity index (χ0) is 14.0. The second kappa shape index (κ2) is 9.82. The molecule has 0 saturated heterocycles. The van der Waals surface area contributed by atoms with Gasteiger partial charge in [0, 0.05) is 13.1 Å². The van der Waals surface area contributed by atoms with Crippen molar-refractivity contribution < 1.29 is 0 Å². The quantitative estimate of drug-likeness (QED) is 0.468. The van der Waals surface area contributed by atoms with E-state index in [1.165, 1.54) is 103 Å². The number of unbranched alkanes of at least 4 members (excludes halogenated alkanes) is 4. The molecule has 0 atom stereocenters. The fourth-order valence-electron chi connectivity index (χ4n) is 4.31. The lowest BCUT2D eigenvalue weighted by Gasteiger charge is -2.28. The van der Waals surface area contributed by atoms with Gasteiger partial charge in [-0.15, -0.1) is 0 Å². The first kappa shape index (κ1) is 16.3. The van der Waals surface area contributed by atoms with Crippen LogP contribution in [0.3, 0.4) is 0 Å². The highest BCUT2D eigenvalue weighted by atomic mass is 15.1. The number of hydrogen-bond donors (Lipinski definition) is 0. The van der Waals surface area contributed by atoms with E-state index in [9.17, 15) is 0 Å². The van der Waals surface area contributed by atoms with Gasteiger partial charge >= 0.3 is 0 Å². The topological polar surface area (TPSA) is 3.24 Å². The molecule has 2 aliphatic rings. The molecule has 0 aromatic carbocycles. The molecular formula is C19H37N. The van der Waals surface area contributed by atoms with Gasteiger partial charge in [0.15, 0.2) is 0 Å². The summed E-state index contributed by atoms with van der Waals surface area (Å²) in [7, 11) is 0. The molecule has 0 unspecified atom stereocenters. The van der Waals surface area contributed by atoms with Gasteiger partial charge in [0.05, 0.1) is 0 Å². The van der Waals surface area contributed by atoms with E-state index in [0.717, 1.165) is 11.8 Å². The predicted molar refractivity (Wildman–Crippen MR) is 89.1 cm³/mol. The molecule has 118 valence electrons. The van der Waals surface area contributed by atoms with Gasteiger partial charge in [-0.3, -0.25) is 0 Å². The SMILES string of the molecule is CCCCCCCN(CC1CCCC1)CC1CCCC1. The molecule has 0 radical (unpaired) electrons. The van der Waals surface area contributed by atoms with Gasteiger partial charge in [0.1, 0.15) is 0 Å². The van der Waals surface area contributed by atoms with Crippen molar-refractivity contribution in [2.24, 2.45) is 11.8 Å². The van der Waals surface area contributed by atoms with Crippen molar-refractivity contribution in [1.82, 2.24) is 4.90 Å². The molecule has 2 saturated carbocycles. The summed E-state index contributed by atoms with van der Waals surface area (Å²) >= 11 is 0. The molecule has 2 fully saturated rings. The zero-order valence-corrected chi connectivity index (χ0v) is 13.9. The van der Waals surface area contributed by atoms with Crippen LogP contribution in [0, 0.1) is 11.8 Å². The van der Waals surface area contributed by atoms with Crippen LogP contribution in [0.25, 0.3) is 0 Å². The second-order valence-electron chi connectivity index (χ2n) is 7.47. The third-order valence-electron chi connectivity index (χ3n) is 5.56. The minimum absolute atomic E-state index is 1.03. The van der Waals surface area contributed by atoms with Crippen molar-refractivity contribution in [1.29, 1.82) is 0 Å². The lowest BCUT2D eigenvalue weighted by atomic mass is 10.0. The number of nitrogens with zero attached hydrogens (tertiary/aromatic N) is 1. The molecule has 2 aliphatic carbocycles. The molecule has 0 aromatic heterocycles. The molecule has 0 bridgehead atoms. The van der Waals surface area contributed by atoms with Crippen LogP contribution in [0.5, 0.6) is 0 Å². The smallest absolute Gasteiger partial charge is 0.000977 e. The first-order valence-electron chi connectivity index (χ1n) is 9.61. The van der Waals surface area contributed by atoms with E-state index in [1.54, 1.807) is 0 Å². The molecule has 1 heteroatoms. The molecule has 0 amide bonds. The minimum Gasteiger partial charge on any atom is -0.303 e. The highest BCUT2D eigenvalue weighted by Gasteiger charge is 2.22. The third-order valence-corrected chi connectivity index (χ3v) is 5.56. The summed E-state index contributed by atoms with van der Waals surface area (Å²) in [4.78, 5) is 2.86. The maximum atomic E-state index is 2.86. The second-order valence-corrected chi connectivity index (χ2v) is 7.47. The van der Waals surface area contributed by atoms with Gasteiger partial charge in [0.25, 0.3) is 0 Å². The Hall–Kier alpha value is -0.0400. The fraction of sp³-hybridized carbons (Fsp3) is 1.00. The van der Waals surface area contributed by atoms with Gasteiger partial charge in [-0.1, -0.05) is 58.3 Å². The number of hydrogen-bond acceptors (Lipinski definition) is 1. The van der Waals surface area contributed by atoms with Crippen molar-refractivity contribution in [3.63, 3.8) is 0 Å². The summed E-state index contributed by atoms with van der Waals surface area (Å²) < 4.78 is 0. The van der Waals surface area contributed by atoms with Crippen LogP contribution >= 0.6 is 0 Å². The van der Waals surface area contributed by atoms with Gasteiger partial charge in [0.2, 0.25) is 0 Å². The van der Waals surface area contributed by atoms with E-state index < -0.39 is 0 Å². The average molecular weight is 280 g/mol. The molecule has 0 heterocycles. The van der Waals surface area contributed by atoms with E-state index in [4.69, 9.17) is 0 Å². The van der Waals surface area contributed by atoms with E-state index >= 15 is 0 Å². The summed E-state index contributed by atoms with van der Waals surface area (Å²) in [5.41, 5.74) is 0. The lowest BCUT2D eigenvalue weighted by molar-refractivity contribution is 0.195. The van der Waals surface area contributed by atoms with Crippen molar-refractivity contribution in [3.8, 4) is 0 Å². The Morgan fingerprint density at radius 2 is 1.20 bits per heavy atom. The van der Waals surface area contributed by atoms with Gasteiger partial charge in [-0.05, 0) is 50.5 Å². The van der Waals surface area contributed by atoms with Crippen molar-refractivity contribution in [3.05, 3.63) is 0 Å². The molecule has 1 nitrogen and oxygen atoms in total. The summed E-state index contributed by atoms with van der Waals surface area (Å²) in [6.07, 6.45) is 19.2. The maximum absolute atomic E-state index is 2.86. The third kappa shape index (κ3) is 6.16. The fourth-order valence-corrected chi connectivity index (χ4v) is 4.31. The molecule has 0 spiro atoms. The summed E-state index contributed by atoms with van der Waals surface area (Å²) in [5.74, 6) is 2.07. The molecular weight excluding hydrogens is 242 g/mol. The van der Waals surface area contributed by atoms with Gasteiger partial charge < -0.3 is 4.90 Å². The van der Waals surface area contributed by atoms with Crippen molar-refractivity contribution in [2.45, 2.75) is 90.4 Å². The number of rotatable bonds is 10. The highest BCUT2D eigenvalue weighted by Crippen LogP contribution is 2.29. The lowest BCUT2D eigenvalue weighted by Crippen LogP contribution is -2.33. The van der Waals surface area contributed by atoms with Crippen LogP contribution in [0.2, 0.25) is 0 Å². The molecule has 0 aromatic rings. The molecule has 0 N–H and O–H groups in total. The Bertz CT molecular complexity index is 208. The summed E-state index contributed by atoms with van der Waals surface area (Å²) in [6, 6.07) is 0. The molecule has 20 heavy (non-hydrogen) atoms. The van der Waals surface area contributed by atoms with Crippen LogP contribution in [0.4, 0.5) is 0 Å². The highest BCUT2D eigenvalue weighted by molar-refractivity contribution is 4.76. The van der Waals surface area contributed by atoms with Gasteiger partial charge in [-0.25, -0.2) is 0 Å². The van der Waals surface area contributed by atoms with Crippen LogP contribution in [-0.2, 0) is 0 Å². The predicted octanol–water partition coefficient (Wildman–Crippen LogP) is 5.64. The summed E-state index contributed by atoms with van der Waals surface area (Å²) in [5, 5.41) is 0. The van der Waals surface area contributed by atoms with E-state index in [-0.39, 0.29) is 0 Å². The Labute approximate surface area is 127 Å². The average Bonchev–Trinajstić information content (AvgIpc) is 3.12. The normalized spacial score (nSPS) is 21.3. The maximum Gasteiger partial charge on any atom is 0.000977 e.